The fourth-order valence-corrected chi connectivity index (χ4v) is 4.93. The van der Waals surface area contributed by atoms with Gasteiger partial charge in [-0.2, -0.15) is 0 Å². The fourth-order valence-electron chi connectivity index (χ4n) is 3.77. The van der Waals surface area contributed by atoms with E-state index in [0.29, 0.717) is 21.8 Å². The Morgan fingerprint density at radius 1 is 1.27 bits per heavy atom. The Morgan fingerprint density at radius 3 is 2.53 bits per heavy atom. The molecule has 0 amide bonds. The van der Waals surface area contributed by atoms with Crippen LogP contribution in [0, 0.1) is 0 Å². The molecule has 0 radical (unpaired) electrons. The molecular weight excluding hydrogens is 396 g/mol. The minimum Gasteiger partial charge on any atom is -0.386 e. The highest BCUT2D eigenvalue weighted by Crippen LogP contribution is 2.32. The summed E-state index contributed by atoms with van der Waals surface area (Å²) in [5.41, 5.74) is 2.02. The molecule has 3 heterocycles. The molecule has 0 aliphatic carbocycles. The first-order valence-electron chi connectivity index (χ1n) is 10.1. The van der Waals surface area contributed by atoms with Crippen LogP contribution in [0.2, 0.25) is 0 Å². The Morgan fingerprint density at radius 2 is 1.93 bits per heavy atom. The average Bonchev–Trinajstić information content (AvgIpc) is 3.35. The van der Waals surface area contributed by atoms with Crippen LogP contribution < -0.4 is 10.5 Å². The van der Waals surface area contributed by atoms with Gasteiger partial charge in [-0.3, -0.25) is 9.36 Å². The second-order valence-corrected chi connectivity index (χ2v) is 9.70. The van der Waals surface area contributed by atoms with E-state index in [2.05, 4.69) is 47.6 Å². The molecule has 0 bridgehead atoms. The fraction of sp³-hybridized carbons (Fsp3) is 0.391. The van der Waals surface area contributed by atoms with Crippen molar-refractivity contribution >= 4 is 32.8 Å². The molecule has 1 fully saturated rings. The van der Waals surface area contributed by atoms with Gasteiger partial charge in [0.15, 0.2) is 0 Å². The molecule has 1 aromatic carbocycles. The molecule has 7 heteroatoms. The maximum absolute atomic E-state index is 13.1. The predicted molar refractivity (Wildman–Crippen MR) is 125 cm³/mol. The van der Waals surface area contributed by atoms with E-state index in [9.17, 15) is 9.90 Å². The lowest BCUT2D eigenvalue weighted by Crippen LogP contribution is -2.31. The summed E-state index contributed by atoms with van der Waals surface area (Å²) >= 11 is 1.33. The molecular formula is C23H28N4O2S. The molecule has 1 aliphatic heterocycles. The molecule has 0 saturated carbocycles. The maximum Gasteiger partial charge on any atom is 0.275 e. The molecule has 4 rings (SSSR count). The Balaban J connectivity index is 1.63. The molecule has 0 spiro atoms. The van der Waals surface area contributed by atoms with Crippen molar-refractivity contribution in [1.29, 1.82) is 0 Å². The van der Waals surface area contributed by atoms with Gasteiger partial charge in [-0.05, 0) is 70.3 Å². The standard InChI is InChI=1S/C23H28N4O2S/c1-15(23(2,3)29)20-12-19-21(30-20)22(28)27(14-24-19)17-8-6-16(7-9-17)26-11-10-18(13-26)25(4)5/h6-9,12,14,18,29H,1,10-11,13H2,2-5H3/t18-/m1/s1. The van der Waals surface area contributed by atoms with Crippen molar-refractivity contribution < 1.29 is 5.11 Å². The monoisotopic (exact) mass is 424 g/mol. The van der Waals surface area contributed by atoms with Crippen molar-refractivity contribution in [3.8, 4) is 5.69 Å². The molecule has 1 aliphatic rings. The van der Waals surface area contributed by atoms with Crippen molar-refractivity contribution in [2.45, 2.75) is 31.9 Å². The molecule has 2 aromatic heterocycles. The number of aromatic nitrogens is 2. The molecule has 1 N–H and O–H groups in total. The maximum atomic E-state index is 13.1. The van der Waals surface area contributed by atoms with Crippen LogP contribution in [0.15, 0.2) is 48.0 Å². The highest BCUT2D eigenvalue weighted by atomic mass is 32.1. The van der Waals surface area contributed by atoms with Crippen LogP contribution in [0.3, 0.4) is 0 Å². The summed E-state index contributed by atoms with van der Waals surface area (Å²) in [4.78, 5) is 23.0. The second kappa shape index (κ2) is 7.65. The van der Waals surface area contributed by atoms with Crippen LogP contribution >= 0.6 is 11.3 Å². The van der Waals surface area contributed by atoms with E-state index >= 15 is 0 Å². The van der Waals surface area contributed by atoms with Crippen LogP contribution in [0.4, 0.5) is 5.69 Å². The summed E-state index contributed by atoms with van der Waals surface area (Å²) < 4.78 is 2.14. The third-order valence-corrected chi connectivity index (χ3v) is 7.03. The van der Waals surface area contributed by atoms with Gasteiger partial charge in [0.05, 0.1) is 16.8 Å². The molecule has 1 atom stereocenters. The average molecular weight is 425 g/mol. The van der Waals surface area contributed by atoms with Gasteiger partial charge in [-0.15, -0.1) is 11.3 Å². The Labute approximate surface area is 180 Å². The highest BCUT2D eigenvalue weighted by Gasteiger charge is 2.24. The second-order valence-electron chi connectivity index (χ2n) is 8.65. The van der Waals surface area contributed by atoms with E-state index in [4.69, 9.17) is 0 Å². The quantitative estimate of drug-likeness (QED) is 0.680. The lowest BCUT2D eigenvalue weighted by molar-refractivity contribution is 0.144. The Bertz CT molecular complexity index is 1140. The molecule has 158 valence electrons. The number of thiophene rings is 1. The van der Waals surface area contributed by atoms with E-state index in [1.165, 1.54) is 17.0 Å². The molecule has 1 saturated heterocycles. The number of hydrogen-bond acceptors (Lipinski definition) is 6. The number of benzene rings is 1. The molecule has 3 aromatic rings. The summed E-state index contributed by atoms with van der Waals surface area (Å²) in [6, 6.07) is 10.5. The van der Waals surface area contributed by atoms with Crippen molar-refractivity contribution in [3.05, 3.63) is 58.5 Å². The van der Waals surface area contributed by atoms with Crippen LogP contribution in [-0.4, -0.2) is 58.4 Å². The van der Waals surface area contributed by atoms with E-state index in [0.717, 1.165) is 30.1 Å². The van der Waals surface area contributed by atoms with Crippen LogP contribution in [0.1, 0.15) is 25.1 Å². The lowest BCUT2D eigenvalue weighted by atomic mass is 9.99. The largest absolute Gasteiger partial charge is 0.386 e. The Kier molecular flexibility index (Phi) is 5.30. The topological polar surface area (TPSA) is 61.6 Å². The number of rotatable bonds is 5. The number of nitrogens with zero attached hydrogens (tertiary/aromatic N) is 4. The smallest absolute Gasteiger partial charge is 0.275 e. The number of hydrogen-bond donors (Lipinski definition) is 1. The minimum atomic E-state index is -1.04. The van der Waals surface area contributed by atoms with E-state index in [1.54, 1.807) is 24.7 Å². The third-order valence-electron chi connectivity index (χ3n) is 5.86. The van der Waals surface area contributed by atoms with Gasteiger partial charge in [0.25, 0.3) is 5.56 Å². The van der Waals surface area contributed by atoms with Crippen LogP contribution in [0.25, 0.3) is 21.5 Å². The van der Waals surface area contributed by atoms with Gasteiger partial charge in [0.1, 0.15) is 11.0 Å². The zero-order chi connectivity index (χ0) is 21.6. The van der Waals surface area contributed by atoms with Gasteiger partial charge in [-0.1, -0.05) is 6.58 Å². The first-order valence-corrected chi connectivity index (χ1v) is 10.9. The van der Waals surface area contributed by atoms with E-state index < -0.39 is 5.60 Å². The third kappa shape index (κ3) is 3.80. The van der Waals surface area contributed by atoms with Crippen molar-refractivity contribution in [2.24, 2.45) is 0 Å². The predicted octanol–water partition coefficient (Wildman–Crippen LogP) is 3.37. The van der Waals surface area contributed by atoms with Crippen molar-refractivity contribution in [3.63, 3.8) is 0 Å². The van der Waals surface area contributed by atoms with Gasteiger partial charge in [-0.25, -0.2) is 4.98 Å². The SMILES string of the molecule is C=C(c1cc2ncn(-c3ccc(N4CC[C@@H](N(C)C)C4)cc3)c(=O)c2s1)C(C)(C)O. The van der Waals surface area contributed by atoms with Crippen LogP contribution in [-0.2, 0) is 0 Å². The van der Waals surface area contributed by atoms with Crippen molar-refractivity contribution in [1.82, 2.24) is 14.5 Å². The normalized spacial score (nSPS) is 17.3. The number of fused-ring (bicyclic) bond motifs is 1. The summed E-state index contributed by atoms with van der Waals surface area (Å²) in [7, 11) is 4.25. The molecule has 0 unspecified atom stereocenters. The van der Waals surface area contributed by atoms with Gasteiger partial charge in [0, 0.05) is 29.7 Å². The summed E-state index contributed by atoms with van der Waals surface area (Å²) in [5, 5.41) is 10.2. The van der Waals surface area contributed by atoms with Gasteiger partial charge < -0.3 is 14.9 Å². The minimum absolute atomic E-state index is 0.110. The first kappa shape index (κ1) is 20.8. The zero-order valence-electron chi connectivity index (χ0n) is 17.9. The molecule has 6 nitrogen and oxygen atoms in total. The summed E-state index contributed by atoms with van der Waals surface area (Å²) in [5.74, 6) is 0. The van der Waals surface area contributed by atoms with Crippen LogP contribution in [0.5, 0.6) is 0 Å². The Hall–Kier alpha value is -2.48. The number of likely N-dealkylation sites (N-methyl/N-ethyl adjacent to an activating group) is 1. The van der Waals surface area contributed by atoms with Crippen molar-refractivity contribution in [2.75, 3.05) is 32.1 Å². The van der Waals surface area contributed by atoms with Gasteiger partial charge >= 0.3 is 0 Å². The summed E-state index contributed by atoms with van der Waals surface area (Å²) in [6.45, 7) is 9.42. The first-order chi connectivity index (χ1) is 14.1. The summed E-state index contributed by atoms with van der Waals surface area (Å²) in [6.07, 6.45) is 2.73. The van der Waals surface area contributed by atoms with E-state index in [-0.39, 0.29) is 5.56 Å². The molecule has 30 heavy (non-hydrogen) atoms. The highest BCUT2D eigenvalue weighted by molar-refractivity contribution is 7.19. The lowest BCUT2D eigenvalue weighted by Gasteiger charge is -2.22. The van der Waals surface area contributed by atoms with Gasteiger partial charge in [0.2, 0.25) is 0 Å². The number of anilines is 1. The number of aliphatic hydroxyl groups is 1. The zero-order valence-corrected chi connectivity index (χ0v) is 18.7. The van der Waals surface area contributed by atoms with E-state index in [1.807, 2.05) is 18.2 Å².